The number of pyridine rings is 1. The van der Waals surface area contributed by atoms with Crippen molar-refractivity contribution in [2.24, 2.45) is 0 Å². The maximum Gasteiger partial charge on any atom is 0.271 e. The number of rotatable bonds is 2. The lowest BCUT2D eigenvalue weighted by Crippen LogP contribution is -2.19. The van der Waals surface area contributed by atoms with Crippen LogP contribution in [0.25, 0.3) is 0 Å². The smallest absolute Gasteiger partial charge is 0.271 e. The van der Waals surface area contributed by atoms with Gasteiger partial charge in [0.1, 0.15) is 5.69 Å². The van der Waals surface area contributed by atoms with E-state index in [1.807, 2.05) is 13.0 Å². The quantitative estimate of drug-likeness (QED) is 0.825. The lowest BCUT2D eigenvalue weighted by Gasteiger charge is -2.04. The monoisotopic (exact) mass is 228 g/mol. The van der Waals surface area contributed by atoms with E-state index in [4.69, 9.17) is 0 Å². The third-order valence-electron chi connectivity index (χ3n) is 2.35. The van der Waals surface area contributed by atoms with E-state index >= 15 is 0 Å². The van der Waals surface area contributed by atoms with E-state index in [0.717, 1.165) is 5.56 Å². The molecule has 0 saturated carbocycles. The molecule has 86 valence electrons. The number of H-pyrrole nitrogens is 1. The Labute approximate surface area is 98.3 Å². The first-order valence-electron chi connectivity index (χ1n) is 5.22. The van der Waals surface area contributed by atoms with Crippen molar-refractivity contribution < 1.29 is 4.79 Å². The van der Waals surface area contributed by atoms with Crippen molar-refractivity contribution in [3.63, 3.8) is 0 Å². The number of hydrogen-bond donors (Lipinski definition) is 2. The van der Waals surface area contributed by atoms with Gasteiger partial charge in [-0.15, -0.1) is 0 Å². The van der Waals surface area contributed by atoms with Crippen molar-refractivity contribution in [2.45, 2.75) is 6.92 Å². The average molecular weight is 228 g/mol. The summed E-state index contributed by atoms with van der Waals surface area (Å²) in [6.07, 6.45) is 1.52. The molecule has 1 aromatic carbocycles. The van der Waals surface area contributed by atoms with Crippen LogP contribution in [-0.4, -0.2) is 10.9 Å². The fraction of sp³-hybridized carbons (Fsp3) is 0.0769. The van der Waals surface area contributed by atoms with E-state index in [-0.39, 0.29) is 17.2 Å². The van der Waals surface area contributed by atoms with E-state index in [2.05, 4.69) is 10.3 Å². The zero-order valence-corrected chi connectivity index (χ0v) is 9.36. The highest BCUT2D eigenvalue weighted by Crippen LogP contribution is 2.06. The standard InChI is InChI=1S/C13H12N2O2/c1-9-4-2-5-10(8-9)12(16)15-11-6-3-7-14-13(11)17/h2-8H,1H3,(H,14,17)(H,15,16). The molecule has 17 heavy (non-hydrogen) atoms. The zero-order valence-electron chi connectivity index (χ0n) is 9.36. The minimum Gasteiger partial charge on any atom is -0.327 e. The van der Waals surface area contributed by atoms with Crippen LogP contribution >= 0.6 is 0 Å². The molecule has 4 nitrogen and oxygen atoms in total. The number of aromatic amines is 1. The lowest BCUT2D eigenvalue weighted by molar-refractivity contribution is 0.102. The zero-order chi connectivity index (χ0) is 12.3. The SMILES string of the molecule is Cc1cccc(C(=O)Nc2ccc[nH]c2=O)c1. The largest absolute Gasteiger partial charge is 0.327 e. The van der Waals surface area contributed by atoms with Crippen LogP contribution in [0.4, 0.5) is 5.69 Å². The third-order valence-corrected chi connectivity index (χ3v) is 2.35. The van der Waals surface area contributed by atoms with Crippen molar-refractivity contribution in [1.29, 1.82) is 0 Å². The predicted molar refractivity (Wildman–Crippen MR) is 66.2 cm³/mol. The number of carbonyl (C=O) groups excluding carboxylic acids is 1. The molecule has 0 unspecified atom stereocenters. The maximum atomic E-state index is 11.9. The van der Waals surface area contributed by atoms with E-state index in [1.54, 1.807) is 30.3 Å². The van der Waals surface area contributed by atoms with Gasteiger partial charge in [-0.05, 0) is 31.2 Å². The molecule has 0 atom stereocenters. The van der Waals surface area contributed by atoms with Gasteiger partial charge < -0.3 is 10.3 Å². The van der Waals surface area contributed by atoms with Gasteiger partial charge in [0.15, 0.2) is 0 Å². The van der Waals surface area contributed by atoms with Gasteiger partial charge in [0.05, 0.1) is 0 Å². The highest BCUT2D eigenvalue weighted by molar-refractivity contribution is 6.04. The van der Waals surface area contributed by atoms with Crippen LogP contribution in [0, 0.1) is 6.92 Å². The number of aromatic nitrogens is 1. The molecule has 0 aliphatic carbocycles. The Bertz CT molecular complexity index is 602. The molecule has 1 aromatic heterocycles. The topological polar surface area (TPSA) is 62.0 Å². The maximum absolute atomic E-state index is 11.9. The normalized spacial score (nSPS) is 9.94. The molecule has 0 aliphatic heterocycles. The minimum absolute atomic E-state index is 0.249. The summed E-state index contributed by atoms with van der Waals surface area (Å²) >= 11 is 0. The average Bonchev–Trinajstić information content (AvgIpc) is 2.32. The summed E-state index contributed by atoms with van der Waals surface area (Å²) in [5.74, 6) is -0.287. The summed E-state index contributed by atoms with van der Waals surface area (Å²) in [7, 11) is 0. The molecule has 0 spiro atoms. The molecule has 2 rings (SSSR count). The Morgan fingerprint density at radius 3 is 2.76 bits per heavy atom. The molecular formula is C13H12N2O2. The van der Waals surface area contributed by atoms with Gasteiger partial charge in [0, 0.05) is 11.8 Å². The van der Waals surface area contributed by atoms with Gasteiger partial charge in [-0.3, -0.25) is 9.59 Å². The van der Waals surface area contributed by atoms with E-state index in [9.17, 15) is 9.59 Å². The van der Waals surface area contributed by atoms with E-state index < -0.39 is 0 Å². The van der Waals surface area contributed by atoms with Crippen LogP contribution in [0.15, 0.2) is 47.4 Å². The summed E-state index contributed by atoms with van der Waals surface area (Å²) < 4.78 is 0. The summed E-state index contributed by atoms with van der Waals surface area (Å²) in [5, 5.41) is 2.57. The first kappa shape index (κ1) is 11.1. The molecule has 0 bridgehead atoms. The molecular weight excluding hydrogens is 216 g/mol. The fourth-order valence-electron chi connectivity index (χ4n) is 1.50. The number of hydrogen-bond acceptors (Lipinski definition) is 2. The number of anilines is 1. The second kappa shape index (κ2) is 4.65. The summed E-state index contributed by atoms with van der Waals surface area (Å²) in [5.41, 5.74) is 1.47. The Morgan fingerprint density at radius 1 is 1.24 bits per heavy atom. The summed E-state index contributed by atoms with van der Waals surface area (Å²) in [6.45, 7) is 1.91. The molecule has 1 heterocycles. The molecule has 4 heteroatoms. The van der Waals surface area contributed by atoms with Crippen LogP contribution in [0.1, 0.15) is 15.9 Å². The number of nitrogens with one attached hydrogen (secondary N) is 2. The van der Waals surface area contributed by atoms with Gasteiger partial charge in [0.25, 0.3) is 11.5 Å². The van der Waals surface area contributed by atoms with E-state index in [1.165, 1.54) is 6.20 Å². The molecule has 0 fully saturated rings. The summed E-state index contributed by atoms with van der Waals surface area (Å²) in [4.78, 5) is 25.7. The van der Waals surface area contributed by atoms with Gasteiger partial charge in [0.2, 0.25) is 0 Å². The van der Waals surface area contributed by atoms with Gasteiger partial charge >= 0.3 is 0 Å². The van der Waals surface area contributed by atoms with Crippen LogP contribution < -0.4 is 10.9 Å². The van der Waals surface area contributed by atoms with Crippen molar-refractivity contribution in [1.82, 2.24) is 4.98 Å². The predicted octanol–water partition coefficient (Wildman–Crippen LogP) is 1.94. The Hall–Kier alpha value is -2.36. The van der Waals surface area contributed by atoms with Gasteiger partial charge in [-0.25, -0.2) is 0 Å². The van der Waals surface area contributed by atoms with Crippen LogP contribution in [-0.2, 0) is 0 Å². The number of amides is 1. The Balaban J connectivity index is 2.23. The second-order valence-electron chi connectivity index (χ2n) is 3.74. The highest BCUT2D eigenvalue weighted by Gasteiger charge is 2.07. The summed E-state index contributed by atoms with van der Waals surface area (Å²) in [6, 6.07) is 10.4. The highest BCUT2D eigenvalue weighted by atomic mass is 16.2. The van der Waals surface area contributed by atoms with Crippen molar-refractivity contribution >= 4 is 11.6 Å². The number of benzene rings is 1. The van der Waals surface area contributed by atoms with Crippen LogP contribution in [0.5, 0.6) is 0 Å². The number of aryl methyl sites for hydroxylation is 1. The fourth-order valence-corrected chi connectivity index (χ4v) is 1.50. The Kier molecular flexibility index (Phi) is 3.05. The van der Waals surface area contributed by atoms with Gasteiger partial charge in [-0.2, -0.15) is 0 Å². The molecule has 2 N–H and O–H groups in total. The molecule has 2 aromatic rings. The molecule has 0 radical (unpaired) electrons. The van der Waals surface area contributed by atoms with Crippen molar-refractivity contribution in [3.8, 4) is 0 Å². The lowest BCUT2D eigenvalue weighted by atomic mass is 10.1. The van der Waals surface area contributed by atoms with Crippen molar-refractivity contribution in [2.75, 3.05) is 5.32 Å². The second-order valence-corrected chi connectivity index (χ2v) is 3.74. The molecule has 0 aliphatic rings. The van der Waals surface area contributed by atoms with Crippen molar-refractivity contribution in [3.05, 3.63) is 64.1 Å². The number of carbonyl (C=O) groups is 1. The first-order chi connectivity index (χ1) is 8.16. The Morgan fingerprint density at radius 2 is 2.06 bits per heavy atom. The van der Waals surface area contributed by atoms with E-state index in [0.29, 0.717) is 5.56 Å². The minimum atomic E-state index is -0.312. The van der Waals surface area contributed by atoms with Crippen LogP contribution in [0.3, 0.4) is 0 Å². The molecule has 1 amide bonds. The molecule has 0 saturated heterocycles. The third kappa shape index (κ3) is 2.60. The first-order valence-corrected chi connectivity index (χ1v) is 5.22. The van der Waals surface area contributed by atoms with Crippen LogP contribution in [0.2, 0.25) is 0 Å². The van der Waals surface area contributed by atoms with Gasteiger partial charge in [-0.1, -0.05) is 17.7 Å².